The van der Waals surface area contributed by atoms with Crippen LogP contribution in [0.4, 0.5) is 9.80 Å². The maximum Gasteiger partial charge on any atom is 0.410 e. The van der Waals surface area contributed by atoms with Crippen LogP contribution in [0.25, 0.3) is 0 Å². The SMILES string of the molecule is CCOC(=O)N1CCc2c(sc(NC(=O)c3ccc(S(=O)(=O)N(CC)CC)cc3)c2C(=O)N2CCCCC2)C1. The fourth-order valence-electron chi connectivity index (χ4n) is 5.01. The third-order valence-electron chi connectivity index (χ3n) is 7.13. The van der Waals surface area contributed by atoms with Gasteiger partial charge in [0.25, 0.3) is 11.8 Å². The van der Waals surface area contributed by atoms with E-state index in [4.69, 9.17) is 4.74 Å². The first-order valence-corrected chi connectivity index (χ1v) is 15.7. The van der Waals surface area contributed by atoms with Crippen molar-refractivity contribution in [1.29, 1.82) is 0 Å². The minimum absolute atomic E-state index is 0.104. The number of carbonyl (C=O) groups is 3. The fraction of sp³-hybridized carbons (Fsp3) is 0.519. The first-order valence-electron chi connectivity index (χ1n) is 13.5. The second kappa shape index (κ2) is 12.5. The molecule has 0 spiro atoms. The van der Waals surface area contributed by atoms with Gasteiger partial charge < -0.3 is 19.9 Å². The van der Waals surface area contributed by atoms with Crippen LogP contribution in [0.15, 0.2) is 29.2 Å². The second-order valence-electron chi connectivity index (χ2n) is 9.50. The van der Waals surface area contributed by atoms with Crippen molar-refractivity contribution in [2.45, 2.75) is 57.9 Å². The number of rotatable bonds is 8. The average Bonchev–Trinajstić information content (AvgIpc) is 3.30. The number of ether oxygens (including phenoxy) is 1. The first kappa shape index (κ1) is 29.0. The molecule has 0 saturated carbocycles. The molecule has 0 radical (unpaired) electrons. The van der Waals surface area contributed by atoms with Gasteiger partial charge >= 0.3 is 6.09 Å². The molecular weight excluding hydrogens is 540 g/mol. The van der Waals surface area contributed by atoms with Crippen LogP contribution in [0.2, 0.25) is 0 Å². The van der Waals surface area contributed by atoms with E-state index in [9.17, 15) is 22.8 Å². The van der Waals surface area contributed by atoms with Gasteiger partial charge in [0.1, 0.15) is 5.00 Å². The third-order valence-corrected chi connectivity index (χ3v) is 10.3. The highest BCUT2D eigenvalue weighted by atomic mass is 32.2. The van der Waals surface area contributed by atoms with Crippen molar-refractivity contribution in [3.8, 4) is 0 Å². The molecule has 12 heteroatoms. The number of carbonyl (C=O) groups excluding carboxylic acids is 3. The highest BCUT2D eigenvalue weighted by molar-refractivity contribution is 7.89. The van der Waals surface area contributed by atoms with E-state index in [0.29, 0.717) is 56.3 Å². The van der Waals surface area contributed by atoms with Gasteiger partial charge in [0.05, 0.1) is 23.6 Å². The molecule has 2 aliphatic heterocycles. The van der Waals surface area contributed by atoms with Crippen LogP contribution >= 0.6 is 11.3 Å². The number of hydrogen-bond acceptors (Lipinski definition) is 7. The minimum Gasteiger partial charge on any atom is -0.450 e. The molecule has 0 bridgehead atoms. The smallest absolute Gasteiger partial charge is 0.410 e. The summed E-state index contributed by atoms with van der Waals surface area (Å²) in [4.78, 5) is 43.7. The van der Waals surface area contributed by atoms with Crippen molar-refractivity contribution in [1.82, 2.24) is 14.1 Å². The molecule has 1 aromatic heterocycles. The number of likely N-dealkylation sites (tertiary alicyclic amines) is 1. The molecule has 212 valence electrons. The largest absolute Gasteiger partial charge is 0.450 e. The summed E-state index contributed by atoms with van der Waals surface area (Å²) in [5, 5.41) is 3.36. The average molecular weight is 577 g/mol. The summed E-state index contributed by atoms with van der Waals surface area (Å²) in [5.41, 5.74) is 1.64. The Morgan fingerprint density at radius 3 is 2.26 bits per heavy atom. The molecule has 1 fully saturated rings. The second-order valence-corrected chi connectivity index (χ2v) is 12.5. The van der Waals surface area contributed by atoms with Gasteiger partial charge in [-0.1, -0.05) is 13.8 Å². The quantitative estimate of drug-likeness (QED) is 0.504. The number of benzene rings is 1. The van der Waals surface area contributed by atoms with E-state index in [2.05, 4.69) is 5.32 Å². The van der Waals surface area contributed by atoms with Gasteiger partial charge in [-0.05, 0) is 62.4 Å². The van der Waals surface area contributed by atoms with Crippen LogP contribution in [0.5, 0.6) is 0 Å². The summed E-state index contributed by atoms with van der Waals surface area (Å²) in [6.07, 6.45) is 3.07. The molecule has 3 heterocycles. The molecule has 4 rings (SSSR count). The van der Waals surface area contributed by atoms with Crippen molar-refractivity contribution in [3.05, 3.63) is 45.8 Å². The Morgan fingerprint density at radius 1 is 0.974 bits per heavy atom. The highest BCUT2D eigenvalue weighted by Gasteiger charge is 2.33. The highest BCUT2D eigenvalue weighted by Crippen LogP contribution is 2.39. The van der Waals surface area contributed by atoms with Crippen LogP contribution in [0.3, 0.4) is 0 Å². The maximum atomic E-state index is 13.7. The minimum atomic E-state index is -3.64. The van der Waals surface area contributed by atoms with E-state index in [1.807, 2.05) is 4.90 Å². The first-order chi connectivity index (χ1) is 18.7. The Hall–Kier alpha value is -2.96. The van der Waals surface area contributed by atoms with Gasteiger partial charge in [0.2, 0.25) is 10.0 Å². The molecule has 39 heavy (non-hydrogen) atoms. The molecule has 2 aliphatic rings. The summed E-state index contributed by atoms with van der Waals surface area (Å²) >= 11 is 1.30. The van der Waals surface area contributed by atoms with Gasteiger partial charge in [-0.25, -0.2) is 13.2 Å². The van der Waals surface area contributed by atoms with Crippen LogP contribution < -0.4 is 5.32 Å². The van der Waals surface area contributed by atoms with Gasteiger partial charge in [0, 0.05) is 43.2 Å². The number of nitrogens with zero attached hydrogens (tertiary/aromatic N) is 3. The van der Waals surface area contributed by atoms with Crippen molar-refractivity contribution >= 4 is 44.3 Å². The van der Waals surface area contributed by atoms with E-state index in [-0.39, 0.29) is 23.0 Å². The summed E-state index contributed by atoms with van der Waals surface area (Å²) < 4.78 is 32.1. The Morgan fingerprint density at radius 2 is 1.64 bits per heavy atom. The molecule has 0 atom stereocenters. The molecule has 10 nitrogen and oxygen atoms in total. The summed E-state index contributed by atoms with van der Waals surface area (Å²) in [6, 6.07) is 5.82. The van der Waals surface area contributed by atoms with Crippen LogP contribution in [-0.2, 0) is 27.7 Å². The lowest BCUT2D eigenvalue weighted by Gasteiger charge is -2.29. The Labute approximate surface area is 234 Å². The van der Waals surface area contributed by atoms with Gasteiger partial charge in [-0.15, -0.1) is 11.3 Å². The van der Waals surface area contributed by atoms with E-state index in [0.717, 1.165) is 29.7 Å². The number of amides is 3. The Balaban J connectivity index is 1.61. The Kier molecular flexibility index (Phi) is 9.29. The molecule has 1 N–H and O–H groups in total. The van der Waals surface area contributed by atoms with Crippen molar-refractivity contribution < 1.29 is 27.5 Å². The van der Waals surface area contributed by atoms with Crippen molar-refractivity contribution in [3.63, 3.8) is 0 Å². The molecule has 0 unspecified atom stereocenters. The predicted molar refractivity (Wildman–Crippen MR) is 150 cm³/mol. The molecule has 1 aromatic carbocycles. The summed E-state index contributed by atoms with van der Waals surface area (Å²) in [6.45, 7) is 8.39. The zero-order chi connectivity index (χ0) is 28.2. The number of piperidine rings is 1. The third kappa shape index (κ3) is 6.12. The normalized spacial score (nSPS) is 15.7. The lowest BCUT2D eigenvalue weighted by molar-refractivity contribution is 0.0724. The lowest BCUT2D eigenvalue weighted by Crippen LogP contribution is -2.38. The molecule has 3 amide bonds. The molecule has 1 saturated heterocycles. The van der Waals surface area contributed by atoms with Crippen LogP contribution in [0, 0.1) is 0 Å². The fourth-order valence-corrected chi connectivity index (χ4v) is 7.72. The van der Waals surface area contributed by atoms with Gasteiger partial charge in [-0.2, -0.15) is 4.31 Å². The van der Waals surface area contributed by atoms with E-state index < -0.39 is 22.0 Å². The number of nitrogens with one attached hydrogen (secondary N) is 1. The molecule has 2 aromatic rings. The van der Waals surface area contributed by atoms with Crippen molar-refractivity contribution in [2.75, 3.05) is 44.6 Å². The standard InChI is InChI=1S/C27H36N4O6S2/c1-4-31(5-2)39(35,36)20-12-10-19(11-13-20)24(32)28-25-23(26(33)29-15-8-7-9-16-29)21-14-17-30(18-22(21)38-25)27(34)37-6-3/h10-13H,4-9,14-18H2,1-3H3,(H,28,32). The van der Waals surface area contributed by atoms with Gasteiger partial charge in [0.15, 0.2) is 0 Å². The van der Waals surface area contributed by atoms with Gasteiger partial charge in [-0.3, -0.25) is 9.59 Å². The number of thiophene rings is 1. The maximum absolute atomic E-state index is 13.7. The monoisotopic (exact) mass is 576 g/mol. The predicted octanol–water partition coefficient (Wildman–Crippen LogP) is 4.17. The number of anilines is 1. The number of fused-ring (bicyclic) bond motifs is 1. The lowest BCUT2D eigenvalue weighted by atomic mass is 10.0. The van der Waals surface area contributed by atoms with E-state index >= 15 is 0 Å². The van der Waals surface area contributed by atoms with Crippen LogP contribution in [-0.4, -0.2) is 79.8 Å². The zero-order valence-electron chi connectivity index (χ0n) is 22.7. The van der Waals surface area contributed by atoms with E-state index in [1.165, 1.54) is 39.9 Å². The molecule has 0 aliphatic carbocycles. The van der Waals surface area contributed by atoms with E-state index in [1.54, 1.807) is 25.7 Å². The zero-order valence-corrected chi connectivity index (χ0v) is 24.3. The topological polar surface area (TPSA) is 116 Å². The van der Waals surface area contributed by atoms with Crippen LogP contribution in [0.1, 0.15) is 71.2 Å². The summed E-state index contributed by atoms with van der Waals surface area (Å²) in [5.74, 6) is -0.539. The Bertz CT molecular complexity index is 1310. The summed E-state index contributed by atoms with van der Waals surface area (Å²) in [7, 11) is -3.64. The number of sulfonamides is 1. The molecular formula is C27H36N4O6S2. The van der Waals surface area contributed by atoms with Crippen molar-refractivity contribution in [2.24, 2.45) is 0 Å². The number of hydrogen-bond donors (Lipinski definition) is 1.